The Hall–Kier alpha value is -1.40. The maximum Gasteiger partial charge on any atom is 0.132 e. The molecule has 68 valence electrons. The molecule has 1 aromatic heterocycles. The number of alkyl halides is 1. The second kappa shape index (κ2) is 4.21. The van der Waals surface area contributed by atoms with Crippen molar-refractivity contribution in [3.8, 4) is 11.8 Å². The smallest absolute Gasteiger partial charge is 0.132 e. The van der Waals surface area contributed by atoms with Gasteiger partial charge in [0, 0.05) is 0 Å². The van der Waals surface area contributed by atoms with E-state index in [0.29, 0.717) is 11.0 Å². The first-order chi connectivity index (χ1) is 6.90. The quantitative estimate of drug-likeness (QED) is 0.527. The van der Waals surface area contributed by atoms with E-state index in [0.717, 1.165) is 11.0 Å². The average Bonchev–Trinajstić information content (AvgIpc) is 2.26. The van der Waals surface area contributed by atoms with Crippen molar-refractivity contribution >= 4 is 27.0 Å². The average molecular weight is 247 g/mol. The Balaban J connectivity index is 2.51. The van der Waals surface area contributed by atoms with Crippen molar-refractivity contribution in [1.82, 2.24) is 9.97 Å². The minimum absolute atomic E-state index is 0.654. The maximum atomic E-state index is 4.36. The first-order valence-electron chi connectivity index (χ1n) is 4.17. The summed E-state index contributed by atoms with van der Waals surface area (Å²) in [5.74, 6) is 5.81. The minimum Gasteiger partial charge on any atom is -0.252 e. The fourth-order valence-electron chi connectivity index (χ4n) is 1.14. The van der Waals surface area contributed by atoms with Crippen molar-refractivity contribution in [2.24, 2.45) is 0 Å². The summed E-state index contributed by atoms with van der Waals surface area (Å²) in [7, 11) is 0. The number of benzene rings is 1. The van der Waals surface area contributed by atoms with Crippen LogP contribution in [0.3, 0.4) is 0 Å². The third kappa shape index (κ3) is 1.91. The Labute approximate surface area is 90.5 Å². The summed E-state index contributed by atoms with van der Waals surface area (Å²) in [4.78, 5) is 8.61. The van der Waals surface area contributed by atoms with E-state index in [4.69, 9.17) is 0 Å². The van der Waals surface area contributed by atoms with Gasteiger partial charge in [-0.25, -0.2) is 4.98 Å². The number of halogens is 1. The van der Waals surface area contributed by atoms with Crippen LogP contribution in [0.4, 0.5) is 0 Å². The zero-order valence-electron chi connectivity index (χ0n) is 7.37. The molecule has 0 bridgehead atoms. The summed E-state index contributed by atoms with van der Waals surface area (Å²) in [6.07, 6.45) is 1.69. The SMILES string of the molecule is BrCC#Cc1cnc2ccccc2n1. The van der Waals surface area contributed by atoms with Crippen LogP contribution in [0.2, 0.25) is 0 Å². The molecule has 0 N–H and O–H groups in total. The van der Waals surface area contributed by atoms with E-state index in [2.05, 4.69) is 37.7 Å². The van der Waals surface area contributed by atoms with Crippen LogP contribution in [0.5, 0.6) is 0 Å². The van der Waals surface area contributed by atoms with E-state index in [-0.39, 0.29) is 0 Å². The van der Waals surface area contributed by atoms with Gasteiger partial charge in [0.05, 0.1) is 22.6 Å². The first kappa shape index (κ1) is 9.17. The van der Waals surface area contributed by atoms with Crippen molar-refractivity contribution in [3.63, 3.8) is 0 Å². The predicted molar refractivity (Wildman–Crippen MR) is 60.2 cm³/mol. The Bertz CT molecular complexity index is 511. The standard InChI is InChI=1S/C11H7BrN2/c12-7-3-4-9-8-13-10-5-1-2-6-11(10)14-9/h1-2,5-6,8H,7H2. The minimum atomic E-state index is 0.654. The van der Waals surface area contributed by atoms with Crippen LogP contribution in [-0.2, 0) is 0 Å². The van der Waals surface area contributed by atoms with Gasteiger partial charge >= 0.3 is 0 Å². The molecule has 0 atom stereocenters. The molecule has 0 saturated heterocycles. The van der Waals surface area contributed by atoms with Crippen molar-refractivity contribution in [2.45, 2.75) is 0 Å². The highest BCUT2D eigenvalue weighted by Gasteiger charge is 1.94. The van der Waals surface area contributed by atoms with E-state index >= 15 is 0 Å². The molecule has 2 nitrogen and oxygen atoms in total. The van der Waals surface area contributed by atoms with Crippen LogP contribution < -0.4 is 0 Å². The lowest BCUT2D eigenvalue weighted by molar-refractivity contribution is 1.26. The van der Waals surface area contributed by atoms with E-state index < -0.39 is 0 Å². The van der Waals surface area contributed by atoms with Gasteiger partial charge in [0.25, 0.3) is 0 Å². The van der Waals surface area contributed by atoms with Gasteiger partial charge in [0.15, 0.2) is 0 Å². The molecule has 2 aromatic rings. The fraction of sp³-hybridized carbons (Fsp3) is 0.0909. The van der Waals surface area contributed by atoms with Gasteiger partial charge in [-0.3, -0.25) is 4.98 Å². The fourth-order valence-corrected chi connectivity index (χ4v) is 1.28. The molecule has 1 aromatic carbocycles. The van der Waals surface area contributed by atoms with Gasteiger partial charge < -0.3 is 0 Å². The summed E-state index contributed by atoms with van der Waals surface area (Å²) in [6, 6.07) is 7.76. The molecule has 0 saturated carbocycles. The van der Waals surface area contributed by atoms with Gasteiger partial charge in [-0.05, 0) is 18.1 Å². The van der Waals surface area contributed by atoms with Gasteiger partial charge in [0.1, 0.15) is 5.69 Å². The highest BCUT2D eigenvalue weighted by Crippen LogP contribution is 2.07. The van der Waals surface area contributed by atoms with E-state index in [1.807, 2.05) is 24.3 Å². The third-order valence-electron chi connectivity index (χ3n) is 1.73. The molecule has 0 amide bonds. The highest BCUT2D eigenvalue weighted by molar-refractivity contribution is 9.09. The van der Waals surface area contributed by atoms with Crippen LogP contribution in [0.25, 0.3) is 11.0 Å². The summed E-state index contributed by atoms with van der Waals surface area (Å²) < 4.78 is 0. The molecule has 0 aliphatic rings. The Morgan fingerprint density at radius 1 is 1.21 bits per heavy atom. The summed E-state index contributed by atoms with van der Waals surface area (Å²) >= 11 is 3.23. The van der Waals surface area contributed by atoms with Gasteiger partial charge in [0.2, 0.25) is 0 Å². The number of aromatic nitrogens is 2. The summed E-state index contributed by atoms with van der Waals surface area (Å²) in [6.45, 7) is 0. The molecule has 0 spiro atoms. The molecular formula is C11H7BrN2. The molecule has 0 unspecified atom stereocenters. The Kier molecular flexibility index (Phi) is 2.76. The molecule has 2 rings (SSSR count). The number of hydrogen-bond acceptors (Lipinski definition) is 2. The zero-order valence-corrected chi connectivity index (χ0v) is 8.95. The zero-order chi connectivity index (χ0) is 9.80. The number of nitrogens with zero attached hydrogens (tertiary/aromatic N) is 2. The van der Waals surface area contributed by atoms with Crippen molar-refractivity contribution in [2.75, 3.05) is 5.33 Å². The topological polar surface area (TPSA) is 25.8 Å². The van der Waals surface area contributed by atoms with Crippen LogP contribution in [0.1, 0.15) is 5.69 Å². The van der Waals surface area contributed by atoms with E-state index in [9.17, 15) is 0 Å². The van der Waals surface area contributed by atoms with Crippen LogP contribution in [-0.4, -0.2) is 15.3 Å². The van der Waals surface area contributed by atoms with Crippen LogP contribution in [0.15, 0.2) is 30.5 Å². The van der Waals surface area contributed by atoms with Gasteiger partial charge in [-0.15, -0.1) is 0 Å². The van der Waals surface area contributed by atoms with Crippen LogP contribution in [0, 0.1) is 11.8 Å². The second-order valence-corrected chi connectivity index (χ2v) is 3.24. The molecule has 0 aliphatic heterocycles. The molecular weight excluding hydrogens is 240 g/mol. The van der Waals surface area contributed by atoms with E-state index in [1.165, 1.54) is 0 Å². The Morgan fingerprint density at radius 2 is 2.00 bits per heavy atom. The largest absolute Gasteiger partial charge is 0.252 e. The summed E-state index contributed by atoms with van der Waals surface area (Å²) in [5.41, 5.74) is 2.49. The molecule has 0 fully saturated rings. The molecule has 14 heavy (non-hydrogen) atoms. The molecule has 0 radical (unpaired) electrons. The second-order valence-electron chi connectivity index (χ2n) is 2.68. The molecule has 1 heterocycles. The lowest BCUT2D eigenvalue weighted by Crippen LogP contribution is -1.87. The predicted octanol–water partition coefficient (Wildman–Crippen LogP) is 2.38. The van der Waals surface area contributed by atoms with Crippen molar-refractivity contribution < 1.29 is 0 Å². The maximum absolute atomic E-state index is 4.36. The Morgan fingerprint density at radius 3 is 2.79 bits per heavy atom. The number of fused-ring (bicyclic) bond motifs is 1. The van der Waals surface area contributed by atoms with Gasteiger partial charge in [-0.2, -0.15) is 0 Å². The molecule has 0 aliphatic carbocycles. The van der Waals surface area contributed by atoms with E-state index in [1.54, 1.807) is 6.20 Å². The van der Waals surface area contributed by atoms with Gasteiger partial charge in [-0.1, -0.05) is 34.0 Å². The molecule has 3 heteroatoms. The van der Waals surface area contributed by atoms with Crippen molar-refractivity contribution in [1.29, 1.82) is 0 Å². The number of hydrogen-bond donors (Lipinski definition) is 0. The highest BCUT2D eigenvalue weighted by atomic mass is 79.9. The monoisotopic (exact) mass is 246 g/mol. The lowest BCUT2D eigenvalue weighted by atomic mass is 10.3. The number of para-hydroxylation sites is 2. The normalized spacial score (nSPS) is 9.50. The lowest BCUT2D eigenvalue weighted by Gasteiger charge is -1.95. The first-order valence-corrected chi connectivity index (χ1v) is 5.29. The van der Waals surface area contributed by atoms with Crippen LogP contribution >= 0.6 is 15.9 Å². The van der Waals surface area contributed by atoms with Crippen molar-refractivity contribution in [3.05, 3.63) is 36.2 Å². The third-order valence-corrected chi connectivity index (χ3v) is 2.01. The summed E-state index contributed by atoms with van der Waals surface area (Å²) in [5, 5.41) is 0.654. The number of rotatable bonds is 0.